The van der Waals surface area contributed by atoms with Crippen molar-refractivity contribution in [2.45, 2.75) is 33.6 Å². The van der Waals surface area contributed by atoms with Crippen LogP contribution in [0.5, 0.6) is 0 Å². The Morgan fingerprint density at radius 1 is 1.10 bits per heavy atom. The third-order valence-electron chi connectivity index (χ3n) is 5.03. The van der Waals surface area contributed by atoms with Gasteiger partial charge in [-0.25, -0.2) is 12.7 Å². The maximum Gasteiger partial charge on any atom is 0.268 e. The smallest absolute Gasteiger partial charge is 0.268 e. The van der Waals surface area contributed by atoms with Gasteiger partial charge in [-0.3, -0.25) is 9.59 Å². The summed E-state index contributed by atoms with van der Waals surface area (Å²) in [5.74, 6) is -1.00. The van der Waals surface area contributed by atoms with E-state index in [2.05, 4.69) is 5.32 Å². The number of nitrogens with one attached hydrogen (secondary N) is 1. The van der Waals surface area contributed by atoms with Crippen LogP contribution in [0.1, 0.15) is 43.4 Å². The molecular weight excluding hydrogens is 424 g/mol. The monoisotopic (exact) mass is 446 g/mol. The van der Waals surface area contributed by atoms with Gasteiger partial charge in [0.1, 0.15) is 11.4 Å². The zero-order valence-electron chi connectivity index (χ0n) is 17.2. The van der Waals surface area contributed by atoms with Crippen molar-refractivity contribution in [2.24, 2.45) is 0 Å². The summed E-state index contributed by atoms with van der Waals surface area (Å²) in [6.45, 7) is 6.71. The Balaban J connectivity index is 1.84. The third kappa shape index (κ3) is 4.13. The SMILES string of the molecule is CC1=C(c2ccc(C(C)C)cc2)S(=O)(=O)N(CC(=O)Nc2ccc(Cl)cc2C)C1=O. The van der Waals surface area contributed by atoms with E-state index in [0.717, 1.165) is 11.1 Å². The molecule has 6 nitrogen and oxygen atoms in total. The molecule has 0 atom stereocenters. The van der Waals surface area contributed by atoms with E-state index in [1.807, 2.05) is 26.0 Å². The van der Waals surface area contributed by atoms with Gasteiger partial charge >= 0.3 is 0 Å². The number of hydrogen-bond acceptors (Lipinski definition) is 4. The normalized spacial score (nSPS) is 15.8. The molecule has 1 aliphatic rings. The Morgan fingerprint density at radius 3 is 2.30 bits per heavy atom. The van der Waals surface area contributed by atoms with Crippen molar-refractivity contribution in [1.82, 2.24) is 4.31 Å². The van der Waals surface area contributed by atoms with Gasteiger partial charge in [-0.1, -0.05) is 49.7 Å². The van der Waals surface area contributed by atoms with Gasteiger partial charge in [0.25, 0.3) is 15.9 Å². The molecule has 8 heteroatoms. The summed E-state index contributed by atoms with van der Waals surface area (Å²) in [5.41, 5.74) is 2.83. The molecule has 0 aromatic heterocycles. The van der Waals surface area contributed by atoms with Gasteiger partial charge in [-0.2, -0.15) is 0 Å². The first-order valence-corrected chi connectivity index (χ1v) is 11.3. The number of sulfonamides is 1. The highest BCUT2D eigenvalue weighted by atomic mass is 35.5. The first kappa shape index (κ1) is 22.1. The minimum Gasteiger partial charge on any atom is -0.324 e. The number of carbonyl (C=O) groups is 2. The van der Waals surface area contributed by atoms with E-state index in [4.69, 9.17) is 11.6 Å². The lowest BCUT2D eigenvalue weighted by Crippen LogP contribution is -2.38. The molecule has 0 saturated carbocycles. The van der Waals surface area contributed by atoms with E-state index < -0.39 is 28.4 Å². The van der Waals surface area contributed by atoms with Gasteiger partial charge in [-0.05, 0) is 54.7 Å². The minimum atomic E-state index is -4.14. The molecule has 1 aliphatic heterocycles. The van der Waals surface area contributed by atoms with Crippen LogP contribution in [0.2, 0.25) is 5.02 Å². The van der Waals surface area contributed by atoms with Crippen molar-refractivity contribution in [2.75, 3.05) is 11.9 Å². The van der Waals surface area contributed by atoms with Crippen molar-refractivity contribution in [3.63, 3.8) is 0 Å². The van der Waals surface area contributed by atoms with Crippen LogP contribution in [-0.2, 0) is 19.6 Å². The zero-order valence-corrected chi connectivity index (χ0v) is 18.8. The van der Waals surface area contributed by atoms with Crippen molar-refractivity contribution < 1.29 is 18.0 Å². The van der Waals surface area contributed by atoms with Crippen molar-refractivity contribution >= 4 is 44.0 Å². The molecule has 0 fully saturated rings. The Bertz CT molecular complexity index is 1150. The number of nitrogens with zero attached hydrogens (tertiary/aromatic N) is 1. The number of hydrogen-bond donors (Lipinski definition) is 1. The predicted molar refractivity (Wildman–Crippen MR) is 119 cm³/mol. The van der Waals surface area contributed by atoms with Crippen LogP contribution in [-0.4, -0.2) is 31.1 Å². The van der Waals surface area contributed by atoms with Crippen LogP contribution in [0.15, 0.2) is 48.0 Å². The van der Waals surface area contributed by atoms with E-state index in [-0.39, 0.29) is 10.5 Å². The fourth-order valence-corrected chi connectivity index (χ4v) is 5.32. The average molecular weight is 447 g/mol. The van der Waals surface area contributed by atoms with E-state index in [0.29, 0.717) is 26.5 Å². The molecule has 0 bridgehead atoms. The van der Waals surface area contributed by atoms with Crippen LogP contribution >= 0.6 is 11.6 Å². The second-order valence-electron chi connectivity index (χ2n) is 7.56. The Hall–Kier alpha value is -2.64. The van der Waals surface area contributed by atoms with Crippen molar-refractivity contribution in [3.05, 3.63) is 69.8 Å². The summed E-state index contributed by atoms with van der Waals surface area (Å²) in [6, 6.07) is 12.0. The highest BCUT2D eigenvalue weighted by Gasteiger charge is 2.43. The lowest BCUT2D eigenvalue weighted by Gasteiger charge is -2.17. The molecule has 0 aliphatic carbocycles. The largest absolute Gasteiger partial charge is 0.324 e. The molecule has 0 unspecified atom stereocenters. The molecule has 1 N–H and O–H groups in total. The van der Waals surface area contributed by atoms with E-state index in [9.17, 15) is 18.0 Å². The maximum absolute atomic E-state index is 13.1. The number of amides is 2. The van der Waals surface area contributed by atoms with Crippen molar-refractivity contribution in [1.29, 1.82) is 0 Å². The molecule has 1 heterocycles. The summed E-state index contributed by atoms with van der Waals surface area (Å²) in [5, 5.41) is 3.16. The van der Waals surface area contributed by atoms with Gasteiger partial charge in [0.15, 0.2) is 0 Å². The molecule has 2 aromatic rings. The molecule has 0 saturated heterocycles. The highest BCUT2D eigenvalue weighted by Crippen LogP contribution is 2.35. The van der Waals surface area contributed by atoms with Crippen molar-refractivity contribution in [3.8, 4) is 0 Å². The van der Waals surface area contributed by atoms with Gasteiger partial charge in [0.2, 0.25) is 5.91 Å². The van der Waals surface area contributed by atoms with E-state index in [1.54, 1.807) is 37.3 Å². The molecule has 30 heavy (non-hydrogen) atoms. The second kappa shape index (κ2) is 8.24. The number of carbonyl (C=O) groups excluding carboxylic acids is 2. The Labute approximate surface area is 181 Å². The first-order valence-electron chi connectivity index (χ1n) is 9.46. The molecular formula is C22H23ClN2O4S. The topological polar surface area (TPSA) is 83.6 Å². The zero-order chi connectivity index (χ0) is 22.2. The summed E-state index contributed by atoms with van der Waals surface area (Å²) in [6.07, 6.45) is 0. The first-order chi connectivity index (χ1) is 14.0. The predicted octanol–water partition coefficient (Wildman–Crippen LogP) is 4.31. The van der Waals surface area contributed by atoms with Crippen LogP contribution in [0.4, 0.5) is 5.69 Å². The fraction of sp³-hybridized carbons (Fsp3) is 0.273. The van der Waals surface area contributed by atoms with Crippen LogP contribution in [0, 0.1) is 6.92 Å². The van der Waals surface area contributed by atoms with Crippen LogP contribution in [0.25, 0.3) is 4.91 Å². The highest BCUT2D eigenvalue weighted by molar-refractivity contribution is 7.99. The fourth-order valence-electron chi connectivity index (χ4n) is 3.33. The summed E-state index contributed by atoms with van der Waals surface area (Å²) in [7, 11) is -4.14. The molecule has 3 rings (SSSR count). The number of anilines is 1. The Kier molecular flexibility index (Phi) is 6.06. The maximum atomic E-state index is 13.1. The number of aryl methyl sites for hydroxylation is 1. The lowest BCUT2D eigenvalue weighted by molar-refractivity contribution is -0.126. The van der Waals surface area contributed by atoms with E-state index >= 15 is 0 Å². The quantitative estimate of drug-likeness (QED) is 0.741. The molecule has 0 radical (unpaired) electrons. The van der Waals surface area contributed by atoms with Crippen LogP contribution in [0.3, 0.4) is 0 Å². The third-order valence-corrected chi connectivity index (χ3v) is 7.19. The van der Waals surface area contributed by atoms with Gasteiger partial charge < -0.3 is 5.32 Å². The standard InChI is InChI=1S/C22H23ClN2O4S/c1-13(2)16-5-7-17(8-6-16)21-15(4)22(27)25(30(21,28)29)12-20(26)24-19-10-9-18(23)11-14(19)3/h5-11,13H,12H2,1-4H3,(H,24,26). The molecule has 158 valence electrons. The molecule has 0 spiro atoms. The number of benzene rings is 2. The summed E-state index contributed by atoms with van der Waals surface area (Å²) in [4.78, 5) is 25.1. The number of rotatable bonds is 5. The lowest BCUT2D eigenvalue weighted by atomic mass is 10.0. The Morgan fingerprint density at radius 2 is 1.73 bits per heavy atom. The molecule has 2 aromatic carbocycles. The second-order valence-corrected chi connectivity index (χ2v) is 9.79. The van der Waals surface area contributed by atoms with Gasteiger partial charge in [0, 0.05) is 16.3 Å². The van der Waals surface area contributed by atoms with E-state index in [1.165, 1.54) is 6.92 Å². The molecule has 2 amide bonds. The van der Waals surface area contributed by atoms with Crippen LogP contribution < -0.4 is 5.32 Å². The average Bonchev–Trinajstić information content (AvgIpc) is 2.83. The van der Waals surface area contributed by atoms with Gasteiger partial charge in [0.05, 0.1) is 0 Å². The minimum absolute atomic E-state index is 0.0571. The van der Waals surface area contributed by atoms with Gasteiger partial charge in [-0.15, -0.1) is 0 Å². The summed E-state index contributed by atoms with van der Waals surface area (Å²) >= 11 is 5.91. The number of halogens is 1. The summed E-state index contributed by atoms with van der Waals surface area (Å²) < 4.78 is 26.8.